The number of carbonyl (C=O) groups is 3. The average Bonchev–Trinajstić information content (AvgIpc) is 3.36. The van der Waals surface area contributed by atoms with Gasteiger partial charge in [0.05, 0.1) is 5.56 Å². The van der Waals surface area contributed by atoms with Gasteiger partial charge in [-0.1, -0.05) is 47.6 Å². The lowest BCUT2D eigenvalue weighted by atomic mass is 10.2. The summed E-state index contributed by atoms with van der Waals surface area (Å²) in [6, 6.07) is 10.2. The SMILES string of the molecule is C/C=C(\C)C(C)=O.CC.CC.CC.CCO.Nc1ccc(NC(=O)c2ccc3nc(C=O)cn3c2)cc1. The third-order valence-electron chi connectivity index (χ3n) is 4.01. The minimum Gasteiger partial charge on any atom is -0.399 e. The van der Waals surface area contributed by atoms with Crippen LogP contribution in [0.15, 0.2) is 60.4 Å². The van der Waals surface area contributed by atoms with E-state index in [1.165, 1.54) is 0 Å². The number of allylic oxidation sites excluding steroid dienone is 2. The first-order chi connectivity index (χ1) is 17.7. The van der Waals surface area contributed by atoms with Crippen LogP contribution in [0.2, 0.25) is 0 Å². The highest BCUT2D eigenvalue weighted by Gasteiger charge is 2.08. The number of rotatable bonds is 4. The Kier molecular flexibility index (Phi) is 24.4. The third kappa shape index (κ3) is 15.8. The van der Waals surface area contributed by atoms with Crippen molar-refractivity contribution in [1.29, 1.82) is 0 Å². The third-order valence-corrected chi connectivity index (χ3v) is 4.01. The standard InChI is InChI=1S/C15H12N4O2.C6H10O.C2H6O.3C2H6/c16-11-2-4-12(5-3-11)18-15(21)10-1-6-14-17-13(9-20)8-19(14)7-10;1-4-5(2)6(3)7;1-2-3;3*1-2/h1-9H,16H2,(H,18,21);4H,1-3H3;3H,2H2,1H3;3*1-2H3/b;5-4+;;;;. The Balaban J connectivity index is -0.000000606. The first-order valence-corrected chi connectivity index (χ1v) is 12.6. The second-order valence-corrected chi connectivity index (χ2v) is 6.39. The quantitative estimate of drug-likeness (QED) is 0.204. The van der Waals surface area contributed by atoms with Crippen LogP contribution in [-0.4, -0.2) is 39.1 Å². The monoisotopic (exact) mass is 514 g/mol. The molecule has 3 aromatic rings. The van der Waals surface area contributed by atoms with E-state index in [0.29, 0.717) is 34.6 Å². The van der Waals surface area contributed by atoms with Crippen molar-refractivity contribution >= 4 is 35.0 Å². The molecule has 8 nitrogen and oxygen atoms in total. The highest BCUT2D eigenvalue weighted by Crippen LogP contribution is 2.13. The van der Waals surface area contributed by atoms with Gasteiger partial charge in [-0.3, -0.25) is 14.4 Å². The number of nitrogens with one attached hydrogen (secondary N) is 1. The fraction of sp³-hybridized carbons (Fsp3) is 0.379. The highest BCUT2D eigenvalue weighted by molar-refractivity contribution is 6.04. The summed E-state index contributed by atoms with van der Waals surface area (Å²) in [5, 5.41) is 10.3. The molecule has 0 bridgehead atoms. The normalized spacial score (nSPS) is 9.11. The van der Waals surface area contributed by atoms with Crippen LogP contribution in [0.25, 0.3) is 5.65 Å². The van der Waals surface area contributed by atoms with E-state index < -0.39 is 0 Å². The number of nitrogen functional groups attached to an aromatic ring is 1. The number of nitrogens with zero attached hydrogens (tertiary/aromatic N) is 2. The van der Waals surface area contributed by atoms with Crippen molar-refractivity contribution in [3.63, 3.8) is 0 Å². The summed E-state index contributed by atoms with van der Waals surface area (Å²) in [6.07, 6.45) is 5.67. The van der Waals surface area contributed by atoms with Crippen molar-refractivity contribution in [3.8, 4) is 0 Å². The molecule has 3 rings (SSSR count). The summed E-state index contributed by atoms with van der Waals surface area (Å²) < 4.78 is 1.64. The van der Waals surface area contributed by atoms with Crippen LogP contribution in [0.1, 0.15) is 90.1 Å². The van der Waals surface area contributed by atoms with Crippen LogP contribution in [0.3, 0.4) is 0 Å². The van der Waals surface area contributed by atoms with Crippen LogP contribution in [-0.2, 0) is 4.79 Å². The van der Waals surface area contributed by atoms with Gasteiger partial charge in [0.1, 0.15) is 11.3 Å². The first kappa shape index (κ1) is 37.8. The summed E-state index contributed by atoms with van der Waals surface area (Å²) in [4.78, 5) is 37.3. The van der Waals surface area contributed by atoms with E-state index in [1.807, 2.05) is 61.5 Å². The largest absolute Gasteiger partial charge is 0.399 e. The van der Waals surface area contributed by atoms with Gasteiger partial charge in [-0.05, 0) is 69.7 Å². The molecule has 206 valence electrons. The van der Waals surface area contributed by atoms with Crippen molar-refractivity contribution in [1.82, 2.24) is 9.38 Å². The molecule has 4 N–H and O–H groups in total. The number of anilines is 2. The van der Waals surface area contributed by atoms with E-state index in [0.717, 1.165) is 5.57 Å². The van der Waals surface area contributed by atoms with Gasteiger partial charge in [-0.15, -0.1) is 0 Å². The van der Waals surface area contributed by atoms with Crippen molar-refractivity contribution < 1.29 is 19.5 Å². The predicted molar refractivity (Wildman–Crippen MR) is 156 cm³/mol. The van der Waals surface area contributed by atoms with Gasteiger partial charge in [0, 0.05) is 30.4 Å². The number of fused-ring (bicyclic) bond motifs is 1. The highest BCUT2D eigenvalue weighted by atomic mass is 16.2. The summed E-state index contributed by atoms with van der Waals surface area (Å²) in [7, 11) is 0. The number of benzene rings is 1. The zero-order valence-corrected chi connectivity index (χ0v) is 24.1. The van der Waals surface area contributed by atoms with Crippen LogP contribution in [0, 0.1) is 0 Å². The van der Waals surface area contributed by atoms with Crippen molar-refractivity contribution in [3.05, 3.63) is 71.7 Å². The maximum Gasteiger partial charge on any atom is 0.257 e. The van der Waals surface area contributed by atoms with Crippen molar-refractivity contribution in [2.75, 3.05) is 17.7 Å². The molecular weight excluding hydrogens is 468 g/mol. The molecule has 0 radical (unpaired) electrons. The number of hydrogen-bond donors (Lipinski definition) is 3. The fourth-order valence-electron chi connectivity index (χ4n) is 2.18. The van der Waals surface area contributed by atoms with Crippen LogP contribution >= 0.6 is 0 Å². The van der Waals surface area contributed by atoms with E-state index in [2.05, 4.69) is 10.3 Å². The Morgan fingerprint density at radius 3 is 1.89 bits per heavy atom. The second kappa shape index (κ2) is 23.9. The molecule has 0 saturated carbocycles. The number of pyridine rings is 1. The van der Waals surface area contributed by atoms with Gasteiger partial charge in [-0.2, -0.15) is 0 Å². The van der Waals surface area contributed by atoms with E-state index >= 15 is 0 Å². The number of carbonyl (C=O) groups excluding carboxylic acids is 3. The molecular formula is C29H46N4O4. The van der Waals surface area contributed by atoms with Crippen molar-refractivity contribution in [2.45, 2.75) is 69.2 Å². The predicted octanol–water partition coefficient (Wildman–Crippen LogP) is 6.60. The number of Topliss-reactive ketones (excluding diaryl/α,β-unsaturated/α-hetero) is 1. The zero-order valence-electron chi connectivity index (χ0n) is 24.1. The molecule has 2 heterocycles. The van der Waals surface area contributed by atoms with E-state index in [1.54, 1.807) is 67.0 Å². The molecule has 0 unspecified atom stereocenters. The first-order valence-electron chi connectivity index (χ1n) is 12.6. The molecule has 0 aliphatic rings. The number of aromatic nitrogens is 2. The molecule has 2 aromatic heterocycles. The number of aliphatic hydroxyl groups is 1. The van der Waals surface area contributed by atoms with Crippen molar-refractivity contribution in [2.24, 2.45) is 0 Å². The number of hydrogen-bond acceptors (Lipinski definition) is 6. The maximum absolute atomic E-state index is 12.2. The molecule has 1 aromatic carbocycles. The van der Waals surface area contributed by atoms with E-state index in [9.17, 15) is 14.4 Å². The number of aldehydes is 1. The van der Waals surface area contributed by atoms with Gasteiger partial charge < -0.3 is 20.6 Å². The Morgan fingerprint density at radius 2 is 1.49 bits per heavy atom. The Labute approximate surface area is 222 Å². The number of ketones is 1. The van der Waals surface area contributed by atoms with Gasteiger partial charge in [-0.25, -0.2) is 4.98 Å². The van der Waals surface area contributed by atoms with Crippen LogP contribution in [0.4, 0.5) is 11.4 Å². The molecule has 0 aliphatic heterocycles. The molecule has 0 atom stereocenters. The molecule has 0 saturated heterocycles. The summed E-state index contributed by atoms with van der Waals surface area (Å²) in [5.41, 5.74) is 9.13. The smallest absolute Gasteiger partial charge is 0.257 e. The number of aliphatic hydroxyl groups excluding tert-OH is 1. The molecule has 8 heteroatoms. The molecule has 0 spiro atoms. The molecule has 37 heavy (non-hydrogen) atoms. The number of nitrogens with two attached hydrogens (primary N) is 1. The summed E-state index contributed by atoms with van der Waals surface area (Å²) in [5.74, 6) is -0.0921. The fourth-order valence-corrected chi connectivity index (χ4v) is 2.18. The average molecular weight is 515 g/mol. The van der Waals surface area contributed by atoms with Gasteiger partial charge in [0.25, 0.3) is 5.91 Å². The van der Waals surface area contributed by atoms with Gasteiger partial charge in [0.15, 0.2) is 12.1 Å². The van der Waals surface area contributed by atoms with E-state index in [-0.39, 0.29) is 18.3 Å². The second-order valence-electron chi connectivity index (χ2n) is 6.39. The maximum atomic E-state index is 12.2. The molecule has 0 fully saturated rings. The molecule has 1 amide bonds. The minimum absolute atomic E-state index is 0.155. The summed E-state index contributed by atoms with van der Waals surface area (Å²) >= 11 is 0. The lowest BCUT2D eigenvalue weighted by Crippen LogP contribution is -2.12. The van der Waals surface area contributed by atoms with Gasteiger partial charge in [0.2, 0.25) is 0 Å². The number of imidazole rings is 1. The number of amides is 1. The lowest BCUT2D eigenvalue weighted by Gasteiger charge is -2.06. The van der Waals surface area contributed by atoms with Crippen LogP contribution < -0.4 is 11.1 Å². The topological polar surface area (TPSA) is 127 Å². The Bertz CT molecular complexity index is 1060. The zero-order chi connectivity index (χ0) is 29.4. The Morgan fingerprint density at radius 1 is 0.973 bits per heavy atom. The van der Waals surface area contributed by atoms with Crippen LogP contribution in [0.5, 0.6) is 0 Å². The van der Waals surface area contributed by atoms with E-state index in [4.69, 9.17) is 10.8 Å². The minimum atomic E-state index is -0.247. The lowest BCUT2D eigenvalue weighted by molar-refractivity contribution is -0.113. The Hall–Kier alpha value is -3.78. The molecule has 0 aliphatic carbocycles. The van der Waals surface area contributed by atoms with Gasteiger partial charge >= 0.3 is 0 Å². The summed E-state index contributed by atoms with van der Waals surface area (Å²) in [6.45, 7) is 19.2.